The zero-order chi connectivity index (χ0) is 13.8. The van der Waals surface area contributed by atoms with Gasteiger partial charge in [-0.3, -0.25) is 4.90 Å². The van der Waals surface area contributed by atoms with E-state index in [1.807, 2.05) is 0 Å². The van der Waals surface area contributed by atoms with E-state index in [2.05, 4.69) is 11.0 Å². The van der Waals surface area contributed by atoms with Crippen LogP contribution in [0, 0.1) is 17.1 Å². The van der Waals surface area contributed by atoms with E-state index in [1.165, 1.54) is 18.2 Å². The third kappa shape index (κ3) is 3.10. The molecular weight excluding hydrogens is 247 g/mol. The first kappa shape index (κ1) is 13.9. The van der Waals surface area contributed by atoms with Gasteiger partial charge in [-0.25, -0.2) is 4.39 Å². The first-order valence-corrected chi connectivity index (χ1v) is 6.14. The monoisotopic (exact) mass is 264 g/mol. The number of nitriles is 1. The molecule has 0 saturated carbocycles. The van der Waals surface area contributed by atoms with Gasteiger partial charge in [0.15, 0.2) is 0 Å². The van der Waals surface area contributed by atoms with E-state index in [4.69, 9.17) is 14.7 Å². The highest BCUT2D eigenvalue weighted by Gasteiger charge is 2.33. The van der Waals surface area contributed by atoms with Crippen LogP contribution < -0.4 is 0 Å². The summed E-state index contributed by atoms with van der Waals surface area (Å²) < 4.78 is 24.0. The fourth-order valence-corrected chi connectivity index (χ4v) is 2.44. The van der Waals surface area contributed by atoms with Crippen LogP contribution in [-0.2, 0) is 16.0 Å². The Balaban J connectivity index is 2.10. The van der Waals surface area contributed by atoms with Crippen molar-refractivity contribution in [1.29, 1.82) is 5.26 Å². The molecule has 19 heavy (non-hydrogen) atoms. The fraction of sp³-hybridized carbons (Fsp3) is 0.500. The smallest absolute Gasteiger partial charge is 0.123 e. The van der Waals surface area contributed by atoms with Crippen LogP contribution >= 0.6 is 0 Å². The van der Waals surface area contributed by atoms with Gasteiger partial charge in [-0.15, -0.1) is 0 Å². The van der Waals surface area contributed by atoms with E-state index in [0.29, 0.717) is 17.7 Å². The van der Waals surface area contributed by atoms with Crippen molar-refractivity contribution in [1.82, 2.24) is 4.90 Å². The van der Waals surface area contributed by atoms with Crippen molar-refractivity contribution in [3.63, 3.8) is 0 Å². The summed E-state index contributed by atoms with van der Waals surface area (Å²) >= 11 is 0. The van der Waals surface area contributed by atoms with Crippen molar-refractivity contribution in [3.8, 4) is 6.07 Å². The number of hydrogen-bond donors (Lipinski definition) is 0. The van der Waals surface area contributed by atoms with Gasteiger partial charge in [-0.2, -0.15) is 5.26 Å². The zero-order valence-electron chi connectivity index (χ0n) is 11.1. The van der Waals surface area contributed by atoms with E-state index >= 15 is 0 Å². The third-order valence-electron chi connectivity index (χ3n) is 3.48. The van der Waals surface area contributed by atoms with Gasteiger partial charge >= 0.3 is 0 Å². The number of methoxy groups -OCH3 is 2. The highest BCUT2D eigenvalue weighted by atomic mass is 19.1. The van der Waals surface area contributed by atoms with E-state index < -0.39 is 0 Å². The van der Waals surface area contributed by atoms with Gasteiger partial charge in [0.2, 0.25) is 0 Å². The maximum Gasteiger partial charge on any atom is 0.123 e. The number of benzene rings is 1. The molecule has 1 fully saturated rings. The van der Waals surface area contributed by atoms with Gasteiger partial charge < -0.3 is 9.47 Å². The van der Waals surface area contributed by atoms with Crippen molar-refractivity contribution >= 4 is 0 Å². The molecule has 1 aliphatic rings. The summed E-state index contributed by atoms with van der Waals surface area (Å²) in [4.78, 5) is 2.11. The van der Waals surface area contributed by atoms with Crippen LogP contribution in [0.4, 0.5) is 4.39 Å². The van der Waals surface area contributed by atoms with Crippen molar-refractivity contribution in [2.75, 3.05) is 27.3 Å². The molecule has 1 heterocycles. The van der Waals surface area contributed by atoms with Gasteiger partial charge in [0.05, 0.1) is 23.8 Å². The van der Waals surface area contributed by atoms with Crippen molar-refractivity contribution < 1.29 is 13.9 Å². The molecule has 2 unspecified atom stereocenters. The minimum absolute atomic E-state index is 0.0177. The molecule has 0 aromatic heterocycles. The molecule has 2 atom stereocenters. The summed E-state index contributed by atoms with van der Waals surface area (Å²) in [5.74, 6) is -0.320. The first-order valence-electron chi connectivity index (χ1n) is 6.14. The molecule has 0 N–H and O–H groups in total. The zero-order valence-corrected chi connectivity index (χ0v) is 11.1. The standard InChI is InChI=1S/C14H17FN2O2/c1-18-13-8-17(9-14(13)19-2)7-11-5-12(15)4-3-10(11)6-16/h3-5,13-14H,7-9H2,1-2H3. The first-order chi connectivity index (χ1) is 9.17. The summed E-state index contributed by atoms with van der Waals surface area (Å²) in [6.07, 6.45) is 0.0354. The predicted octanol–water partition coefficient (Wildman–Crippen LogP) is 1.54. The molecule has 0 amide bonds. The summed E-state index contributed by atoms with van der Waals surface area (Å²) in [5, 5.41) is 9.04. The number of likely N-dealkylation sites (tertiary alicyclic amines) is 1. The average molecular weight is 264 g/mol. The summed E-state index contributed by atoms with van der Waals surface area (Å²) in [6.45, 7) is 1.97. The second-order valence-electron chi connectivity index (χ2n) is 4.66. The molecule has 0 spiro atoms. The predicted molar refractivity (Wildman–Crippen MR) is 68.0 cm³/mol. The largest absolute Gasteiger partial charge is 0.377 e. The number of ether oxygens (including phenoxy) is 2. The lowest BCUT2D eigenvalue weighted by Crippen LogP contribution is -2.27. The number of hydrogen-bond acceptors (Lipinski definition) is 4. The van der Waals surface area contributed by atoms with Crippen LogP contribution in [0.3, 0.4) is 0 Å². The average Bonchev–Trinajstić information content (AvgIpc) is 2.81. The molecule has 102 valence electrons. The number of nitrogens with zero attached hydrogens (tertiary/aromatic N) is 2. The van der Waals surface area contributed by atoms with Gasteiger partial charge in [-0.1, -0.05) is 0 Å². The quantitative estimate of drug-likeness (QED) is 0.827. The Labute approximate surface area is 112 Å². The van der Waals surface area contributed by atoms with Crippen LogP contribution in [0.1, 0.15) is 11.1 Å². The summed E-state index contributed by atoms with van der Waals surface area (Å²) in [5.41, 5.74) is 1.21. The molecule has 0 radical (unpaired) electrons. The molecule has 1 aliphatic heterocycles. The highest BCUT2D eigenvalue weighted by molar-refractivity contribution is 5.37. The van der Waals surface area contributed by atoms with Crippen LogP contribution in [0.2, 0.25) is 0 Å². The van der Waals surface area contributed by atoms with Crippen LogP contribution in [-0.4, -0.2) is 44.4 Å². The van der Waals surface area contributed by atoms with Gasteiger partial charge in [0.1, 0.15) is 5.82 Å². The van der Waals surface area contributed by atoms with Crippen LogP contribution in [0.15, 0.2) is 18.2 Å². The van der Waals surface area contributed by atoms with Crippen molar-refractivity contribution in [2.24, 2.45) is 0 Å². The van der Waals surface area contributed by atoms with Gasteiger partial charge in [0.25, 0.3) is 0 Å². The molecule has 1 aromatic carbocycles. The molecule has 5 heteroatoms. The second-order valence-corrected chi connectivity index (χ2v) is 4.66. The normalized spacial score (nSPS) is 23.5. The Hall–Kier alpha value is -1.48. The number of rotatable bonds is 4. The van der Waals surface area contributed by atoms with E-state index in [-0.39, 0.29) is 18.0 Å². The lowest BCUT2D eigenvalue weighted by molar-refractivity contribution is -0.00461. The fourth-order valence-electron chi connectivity index (χ4n) is 2.44. The van der Waals surface area contributed by atoms with E-state index in [9.17, 15) is 4.39 Å². The molecule has 0 aliphatic carbocycles. The van der Waals surface area contributed by atoms with E-state index in [1.54, 1.807) is 14.2 Å². The van der Waals surface area contributed by atoms with E-state index in [0.717, 1.165) is 13.1 Å². The van der Waals surface area contributed by atoms with Gasteiger partial charge in [0, 0.05) is 33.9 Å². The lowest BCUT2D eigenvalue weighted by atomic mass is 10.1. The molecule has 1 aromatic rings. The number of halogens is 1. The van der Waals surface area contributed by atoms with Crippen LogP contribution in [0.25, 0.3) is 0 Å². The highest BCUT2D eigenvalue weighted by Crippen LogP contribution is 2.20. The maximum absolute atomic E-state index is 13.3. The SMILES string of the molecule is COC1CN(Cc2cc(F)ccc2C#N)CC1OC. The second kappa shape index (κ2) is 6.11. The molecular formula is C14H17FN2O2. The minimum Gasteiger partial charge on any atom is -0.377 e. The maximum atomic E-state index is 13.3. The van der Waals surface area contributed by atoms with Crippen molar-refractivity contribution in [2.45, 2.75) is 18.8 Å². The molecule has 0 bridgehead atoms. The Morgan fingerprint density at radius 3 is 2.47 bits per heavy atom. The third-order valence-corrected chi connectivity index (χ3v) is 3.48. The lowest BCUT2D eigenvalue weighted by Gasteiger charge is -2.16. The molecule has 1 saturated heterocycles. The van der Waals surface area contributed by atoms with Crippen LogP contribution in [0.5, 0.6) is 0 Å². The Bertz CT molecular complexity index is 475. The molecule has 2 rings (SSSR count). The Kier molecular flexibility index (Phi) is 4.48. The topological polar surface area (TPSA) is 45.5 Å². The Morgan fingerprint density at radius 1 is 1.32 bits per heavy atom. The Morgan fingerprint density at radius 2 is 1.95 bits per heavy atom. The summed E-state index contributed by atoms with van der Waals surface area (Å²) in [7, 11) is 3.31. The summed E-state index contributed by atoms with van der Waals surface area (Å²) in [6, 6.07) is 6.33. The molecule has 4 nitrogen and oxygen atoms in total. The van der Waals surface area contributed by atoms with Crippen molar-refractivity contribution in [3.05, 3.63) is 35.1 Å². The minimum atomic E-state index is -0.320. The van der Waals surface area contributed by atoms with Gasteiger partial charge in [-0.05, 0) is 23.8 Å².